The summed E-state index contributed by atoms with van der Waals surface area (Å²) in [6, 6.07) is 7.21. The van der Waals surface area contributed by atoms with E-state index >= 15 is 0 Å². The molecule has 8 heteroatoms. The zero-order valence-electron chi connectivity index (χ0n) is 16.3. The highest BCUT2D eigenvalue weighted by Crippen LogP contribution is 2.27. The molecule has 2 amide bonds. The molecule has 0 bridgehead atoms. The molecule has 1 aliphatic heterocycles. The number of anilines is 2. The van der Waals surface area contributed by atoms with E-state index in [-0.39, 0.29) is 11.4 Å². The molecule has 1 saturated heterocycles. The van der Waals surface area contributed by atoms with E-state index in [0.29, 0.717) is 43.7 Å². The van der Waals surface area contributed by atoms with Crippen molar-refractivity contribution in [1.29, 1.82) is 0 Å². The minimum Gasteiger partial charge on any atom is -0.440 e. The van der Waals surface area contributed by atoms with Crippen molar-refractivity contribution in [2.24, 2.45) is 0 Å². The van der Waals surface area contributed by atoms with E-state index in [2.05, 4.69) is 45.9 Å². The van der Waals surface area contributed by atoms with Gasteiger partial charge in [0.05, 0.1) is 0 Å². The van der Waals surface area contributed by atoms with E-state index in [4.69, 9.17) is 4.42 Å². The average Bonchev–Trinajstić information content (AvgIpc) is 3.13. The number of amides is 2. The van der Waals surface area contributed by atoms with Gasteiger partial charge in [-0.2, -0.15) is 0 Å². The standard InChI is InChI=1S/C20H24N6O2/c1-20(2,3)17-24-15-13-14(5-6-16(15)28-17)23-19(27)26-11-9-25(10-12-26)18-21-7-4-8-22-18/h4-8,13H,9-12H2,1-3H3,(H,23,27). The summed E-state index contributed by atoms with van der Waals surface area (Å²) < 4.78 is 5.81. The number of carbonyl (C=O) groups is 1. The molecule has 1 fully saturated rings. The van der Waals surface area contributed by atoms with Crippen LogP contribution in [0, 0.1) is 0 Å². The SMILES string of the molecule is CC(C)(C)c1nc2cc(NC(=O)N3CCN(c4ncccn4)CC3)ccc2o1. The molecule has 3 heterocycles. The zero-order valence-corrected chi connectivity index (χ0v) is 16.3. The molecule has 1 aliphatic rings. The Morgan fingerprint density at radius 2 is 1.82 bits per heavy atom. The first-order valence-corrected chi connectivity index (χ1v) is 9.39. The molecule has 8 nitrogen and oxygen atoms in total. The maximum absolute atomic E-state index is 12.6. The van der Waals surface area contributed by atoms with Gasteiger partial charge in [0.25, 0.3) is 0 Å². The largest absolute Gasteiger partial charge is 0.440 e. The third-order valence-corrected chi connectivity index (χ3v) is 4.68. The van der Waals surface area contributed by atoms with Crippen LogP contribution in [-0.2, 0) is 5.41 Å². The number of hydrogen-bond acceptors (Lipinski definition) is 6. The summed E-state index contributed by atoms with van der Waals surface area (Å²) >= 11 is 0. The maximum atomic E-state index is 12.6. The summed E-state index contributed by atoms with van der Waals surface area (Å²) in [5, 5.41) is 2.96. The number of nitrogens with one attached hydrogen (secondary N) is 1. The Bertz CT molecular complexity index is 971. The highest BCUT2D eigenvalue weighted by atomic mass is 16.3. The van der Waals surface area contributed by atoms with Crippen LogP contribution in [0.5, 0.6) is 0 Å². The van der Waals surface area contributed by atoms with Crippen LogP contribution in [0.3, 0.4) is 0 Å². The summed E-state index contributed by atoms with van der Waals surface area (Å²) in [6.07, 6.45) is 3.46. The molecule has 0 atom stereocenters. The number of hydrogen-bond donors (Lipinski definition) is 1. The summed E-state index contributed by atoms with van der Waals surface area (Å²) in [4.78, 5) is 29.6. The fraction of sp³-hybridized carbons (Fsp3) is 0.400. The van der Waals surface area contributed by atoms with Crippen LogP contribution in [0.15, 0.2) is 41.1 Å². The lowest BCUT2D eigenvalue weighted by Gasteiger charge is -2.34. The van der Waals surface area contributed by atoms with Crippen molar-refractivity contribution in [3.05, 3.63) is 42.5 Å². The van der Waals surface area contributed by atoms with Crippen LogP contribution in [0.2, 0.25) is 0 Å². The smallest absolute Gasteiger partial charge is 0.321 e. The molecule has 0 spiro atoms. The fourth-order valence-electron chi connectivity index (χ4n) is 3.09. The number of nitrogens with zero attached hydrogens (tertiary/aromatic N) is 5. The Morgan fingerprint density at radius 3 is 2.50 bits per heavy atom. The van der Waals surface area contributed by atoms with E-state index in [1.165, 1.54) is 0 Å². The molecule has 0 aliphatic carbocycles. The van der Waals surface area contributed by atoms with Gasteiger partial charge in [-0.3, -0.25) is 0 Å². The number of oxazole rings is 1. The van der Waals surface area contributed by atoms with Gasteiger partial charge in [-0.1, -0.05) is 20.8 Å². The Kier molecular flexibility index (Phi) is 4.62. The highest BCUT2D eigenvalue weighted by molar-refractivity contribution is 5.91. The molecule has 0 radical (unpaired) electrons. The molecule has 0 saturated carbocycles. The van der Waals surface area contributed by atoms with Crippen molar-refractivity contribution < 1.29 is 9.21 Å². The minimum atomic E-state index is -0.162. The molecule has 1 aromatic carbocycles. The van der Waals surface area contributed by atoms with Crippen molar-refractivity contribution in [3.63, 3.8) is 0 Å². The van der Waals surface area contributed by atoms with Crippen LogP contribution in [-0.4, -0.2) is 52.1 Å². The van der Waals surface area contributed by atoms with E-state index in [9.17, 15) is 4.79 Å². The first-order chi connectivity index (χ1) is 13.4. The lowest BCUT2D eigenvalue weighted by atomic mass is 9.97. The molecule has 4 rings (SSSR count). The summed E-state index contributed by atoms with van der Waals surface area (Å²) in [6.45, 7) is 8.81. The lowest BCUT2D eigenvalue weighted by Crippen LogP contribution is -2.50. The maximum Gasteiger partial charge on any atom is 0.321 e. The van der Waals surface area contributed by atoms with Crippen molar-refractivity contribution in [2.75, 3.05) is 36.4 Å². The van der Waals surface area contributed by atoms with E-state index in [1.54, 1.807) is 23.4 Å². The van der Waals surface area contributed by atoms with Crippen LogP contribution in [0.4, 0.5) is 16.4 Å². The first kappa shape index (κ1) is 18.2. The number of carbonyl (C=O) groups excluding carboxylic acids is 1. The Balaban J connectivity index is 1.40. The van der Waals surface area contributed by atoms with Crippen molar-refractivity contribution in [3.8, 4) is 0 Å². The van der Waals surface area contributed by atoms with Crippen LogP contribution in [0.1, 0.15) is 26.7 Å². The summed E-state index contributed by atoms with van der Waals surface area (Å²) in [7, 11) is 0. The van der Waals surface area contributed by atoms with Gasteiger partial charge in [0, 0.05) is 49.7 Å². The molecule has 28 heavy (non-hydrogen) atoms. The van der Waals surface area contributed by atoms with Crippen LogP contribution < -0.4 is 10.2 Å². The summed E-state index contributed by atoms with van der Waals surface area (Å²) in [5.41, 5.74) is 2.01. The van der Waals surface area contributed by atoms with Crippen LogP contribution in [0.25, 0.3) is 11.1 Å². The molecule has 0 unspecified atom stereocenters. The normalized spacial score (nSPS) is 15.1. The number of urea groups is 1. The third kappa shape index (κ3) is 3.76. The van der Waals surface area contributed by atoms with Gasteiger partial charge in [-0.05, 0) is 24.3 Å². The first-order valence-electron chi connectivity index (χ1n) is 9.39. The quantitative estimate of drug-likeness (QED) is 0.734. The van der Waals surface area contributed by atoms with Gasteiger partial charge in [0.15, 0.2) is 5.58 Å². The van der Waals surface area contributed by atoms with Gasteiger partial charge in [0.2, 0.25) is 11.8 Å². The van der Waals surface area contributed by atoms with Gasteiger partial charge in [0.1, 0.15) is 5.52 Å². The van der Waals surface area contributed by atoms with Gasteiger partial charge >= 0.3 is 6.03 Å². The average molecular weight is 380 g/mol. The van der Waals surface area contributed by atoms with Crippen molar-refractivity contribution in [1.82, 2.24) is 19.9 Å². The molecular weight excluding hydrogens is 356 g/mol. The van der Waals surface area contributed by atoms with E-state index in [1.807, 2.05) is 18.2 Å². The lowest BCUT2D eigenvalue weighted by molar-refractivity contribution is 0.208. The predicted octanol–water partition coefficient (Wildman–Crippen LogP) is 3.27. The number of aromatic nitrogens is 3. The van der Waals surface area contributed by atoms with E-state index in [0.717, 1.165) is 11.1 Å². The molecule has 3 aromatic rings. The van der Waals surface area contributed by atoms with Gasteiger partial charge in [-0.15, -0.1) is 0 Å². The monoisotopic (exact) mass is 380 g/mol. The van der Waals surface area contributed by atoms with Crippen LogP contribution >= 0.6 is 0 Å². The highest BCUT2D eigenvalue weighted by Gasteiger charge is 2.23. The predicted molar refractivity (Wildman–Crippen MR) is 108 cm³/mol. The second-order valence-electron chi connectivity index (χ2n) is 7.90. The number of rotatable bonds is 2. The van der Waals surface area contributed by atoms with Gasteiger partial charge in [-0.25, -0.2) is 19.7 Å². The molecular formula is C20H24N6O2. The molecule has 1 N–H and O–H groups in total. The van der Waals surface area contributed by atoms with Crippen molar-refractivity contribution in [2.45, 2.75) is 26.2 Å². The number of piperazine rings is 1. The Labute approximate surface area is 163 Å². The van der Waals surface area contributed by atoms with Gasteiger partial charge < -0.3 is 19.5 Å². The Morgan fingerprint density at radius 1 is 1.11 bits per heavy atom. The molecule has 146 valence electrons. The topological polar surface area (TPSA) is 87.4 Å². The molecule has 2 aromatic heterocycles. The van der Waals surface area contributed by atoms with E-state index < -0.39 is 0 Å². The second kappa shape index (κ2) is 7.10. The fourth-order valence-corrected chi connectivity index (χ4v) is 3.09. The third-order valence-electron chi connectivity index (χ3n) is 4.68. The minimum absolute atomic E-state index is 0.118. The summed E-state index contributed by atoms with van der Waals surface area (Å²) in [5.74, 6) is 1.39. The Hall–Kier alpha value is -3.16. The number of fused-ring (bicyclic) bond motifs is 1. The van der Waals surface area contributed by atoms with Crippen molar-refractivity contribution >= 4 is 28.8 Å². The number of benzene rings is 1. The second-order valence-corrected chi connectivity index (χ2v) is 7.90. The zero-order chi connectivity index (χ0) is 19.7.